The van der Waals surface area contributed by atoms with E-state index in [1.165, 1.54) is 6.07 Å². The van der Waals surface area contributed by atoms with Gasteiger partial charge in [0.25, 0.3) is 11.7 Å². The molecule has 78 valence electrons. The molecular formula is C8H2Cl2F2N2O. The van der Waals surface area contributed by atoms with Crippen LogP contribution in [0, 0.1) is 11.3 Å². The first-order chi connectivity index (χ1) is 6.99. The van der Waals surface area contributed by atoms with Crippen molar-refractivity contribution in [2.45, 2.75) is 6.43 Å². The second kappa shape index (κ2) is 4.51. The number of halogens is 4. The highest BCUT2D eigenvalue weighted by Crippen LogP contribution is 2.30. The molecule has 15 heavy (non-hydrogen) atoms. The van der Waals surface area contributed by atoms with Gasteiger partial charge >= 0.3 is 0 Å². The topological polar surface area (TPSA) is 53.8 Å². The van der Waals surface area contributed by atoms with E-state index in [2.05, 4.69) is 4.98 Å². The molecule has 0 aromatic carbocycles. The van der Waals surface area contributed by atoms with Gasteiger partial charge in [0.1, 0.15) is 11.2 Å². The number of alkyl halides is 2. The molecule has 0 unspecified atom stereocenters. The molecule has 0 bridgehead atoms. The lowest BCUT2D eigenvalue weighted by Crippen LogP contribution is -2.04. The molecule has 0 saturated heterocycles. The van der Waals surface area contributed by atoms with Crippen molar-refractivity contribution in [3.8, 4) is 6.07 Å². The second-order valence-electron chi connectivity index (χ2n) is 2.44. The summed E-state index contributed by atoms with van der Waals surface area (Å²) in [6.45, 7) is 0. The Hall–Kier alpha value is -1.25. The van der Waals surface area contributed by atoms with Crippen LogP contribution in [-0.4, -0.2) is 10.2 Å². The Labute approximate surface area is 93.2 Å². The lowest BCUT2D eigenvalue weighted by Gasteiger charge is -2.07. The fraction of sp³-hybridized carbons (Fsp3) is 0.125. The van der Waals surface area contributed by atoms with Crippen molar-refractivity contribution in [3.63, 3.8) is 0 Å². The monoisotopic (exact) mass is 250 g/mol. The van der Waals surface area contributed by atoms with Crippen LogP contribution in [0.4, 0.5) is 8.78 Å². The van der Waals surface area contributed by atoms with Crippen molar-refractivity contribution < 1.29 is 13.6 Å². The van der Waals surface area contributed by atoms with Gasteiger partial charge in [0.15, 0.2) is 0 Å². The van der Waals surface area contributed by atoms with Gasteiger partial charge in [0.05, 0.1) is 16.7 Å². The van der Waals surface area contributed by atoms with Gasteiger partial charge in [-0.2, -0.15) is 5.26 Å². The summed E-state index contributed by atoms with van der Waals surface area (Å²) in [4.78, 5) is 14.2. The van der Waals surface area contributed by atoms with Gasteiger partial charge in [-0.15, -0.1) is 0 Å². The zero-order chi connectivity index (χ0) is 11.6. The standard InChI is InChI=1S/C8H2Cl2F2N2O/c9-6-3(1-13)5(8(11)12)4(2-14-6)7(10)15/h2,8H. The molecule has 0 aliphatic rings. The summed E-state index contributed by atoms with van der Waals surface area (Å²) in [5.41, 5.74) is -1.82. The van der Waals surface area contributed by atoms with Crippen LogP contribution in [-0.2, 0) is 0 Å². The Kier molecular flexibility index (Phi) is 3.56. The van der Waals surface area contributed by atoms with Crippen molar-refractivity contribution in [1.29, 1.82) is 5.26 Å². The highest BCUT2D eigenvalue weighted by atomic mass is 35.5. The fourth-order valence-corrected chi connectivity index (χ4v) is 1.33. The molecule has 0 N–H and O–H groups in total. The Bertz CT molecular complexity index is 457. The van der Waals surface area contributed by atoms with E-state index in [0.29, 0.717) is 0 Å². The van der Waals surface area contributed by atoms with Crippen LogP contribution in [0.2, 0.25) is 5.15 Å². The van der Waals surface area contributed by atoms with E-state index in [9.17, 15) is 13.6 Å². The molecule has 1 rings (SSSR count). The van der Waals surface area contributed by atoms with E-state index in [1.54, 1.807) is 0 Å². The van der Waals surface area contributed by atoms with Crippen LogP contribution >= 0.6 is 23.2 Å². The highest BCUT2D eigenvalue weighted by Gasteiger charge is 2.24. The normalized spacial score (nSPS) is 10.1. The maximum absolute atomic E-state index is 12.6. The molecular weight excluding hydrogens is 249 g/mol. The molecule has 1 heterocycles. The van der Waals surface area contributed by atoms with Gasteiger partial charge in [-0.25, -0.2) is 13.8 Å². The number of carbonyl (C=O) groups excluding carboxylic acids is 1. The minimum atomic E-state index is -3.02. The van der Waals surface area contributed by atoms with Crippen LogP contribution in [0.5, 0.6) is 0 Å². The Morgan fingerprint density at radius 3 is 2.60 bits per heavy atom. The van der Waals surface area contributed by atoms with E-state index >= 15 is 0 Å². The minimum Gasteiger partial charge on any atom is -0.276 e. The molecule has 0 atom stereocenters. The first-order valence-electron chi connectivity index (χ1n) is 3.55. The molecule has 1 aromatic rings. The second-order valence-corrected chi connectivity index (χ2v) is 3.14. The lowest BCUT2D eigenvalue weighted by molar-refractivity contribution is 0.106. The third kappa shape index (κ3) is 2.22. The zero-order valence-corrected chi connectivity index (χ0v) is 8.48. The molecule has 1 aromatic heterocycles. The van der Waals surface area contributed by atoms with Crippen molar-refractivity contribution in [2.75, 3.05) is 0 Å². The van der Waals surface area contributed by atoms with Crippen molar-refractivity contribution >= 4 is 28.4 Å². The third-order valence-corrected chi connectivity index (χ3v) is 2.10. The molecule has 0 spiro atoms. The minimum absolute atomic E-state index is 0.380. The molecule has 0 aliphatic carbocycles. The highest BCUT2D eigenvalue weighted by molar-refractivity contribution is 6.68. The summed E-state index contributed by atoms with van der Waals surface area (Å²) in [7, 11) is 0. The molecule has 0 aliphatic heterocycles. The number of rotatable bonds is 2. The van der Waals surface area contributed by atoms with Gasteiger partial charge in [-0.3, -0.25) is 4.79 Å². The molecule has 3 nitrogen and oxygen atoms in total. The quantitative estimate of drug-likeness (QED) is 0.599. The molecule has 0 radical (unpaired) electrons. The lowest BCUT2D eigenvalue weighted by atomic mass is 10.1. The number of pyridine rings is 1. The largest absolute Gasteiger partial charge is 0.276 e. The van der Waals surface area contributed by atoms with Gasteiger partial charge in [-0.1, -0.05) is 11.6 Å². The Morgan fingerprint density at radius 1 is 1.60 bits per heavy atom. The predicted octanol–water partition coefficient (Wildman–Crippen LogP) is 2.92. The number of carbonyl (C=O) groups is 1. The molecule has 7 heteroatoms. The van der Waals surface area contributed by atoms with Gasteiger partial charge in [0.2, 0.25) is 0 Å². The smallest absolute Gasteiger partial charge is 0.266 e. The SMILES string of the molecule is N#Cc1c(Cl)ncc(C(=O)Cl)c1C(F)F. The average molecular weight is 251 g/mol. The summed E-state index contributed by atoms with van der Waals surface area (Å²) in [6, 6.07) is 1.46. The van der Waals surface area contributed by atoms with Gasteiger partial charge in [-0.05, 0) is 11.6 Å². The maximum Gasteiger partial charge on any atom is 0.266 e. The van der Waals surface area contributed by atoms with Gasteiger partial charge in [0, 0.05) is 6.20 Å². The van der Waals surface area contributed by atoms with E-state index in [1.807, 2.05) is 0 Å². The fourth-order valence-electron chi connectivity index (χ4n) is 0.991. The number of hydrogen-bond acceptors (Lipinski definition) is 3. The van der Waals surface area contributed by atoms with Crippen molar-refractivity contribution in [1.82, 2.24) is 4.98 Å². The van der Waals surface area contributed by atoms with Crippen LogP contribution in [0.25, 0.3) is 0 Å². The van der Waals surface area contributed by atoms with Crippen LogP contribution in [0.3, 0.4) is 0 Å². The number of hydrogen-bond donors (Lipinski definition) is 0. The van der Waals surface area contributed by atoms with E-state index in [-0.39, 0.29) is 5.15 Å². The van der Waals surface area contributed by atoms with Crippen molar-refractivity contribution in [2.24, 2.45) is 0 Å². The summed E-state index contributed by atoms with van der Waals surface area (Å²) in [6.07, 6.45) is -2.20. The number of nitriles is 1. The van der Waals surface area contributed by atoms with E-state index in [4.69, 9.17) is 28.5 Å². The van der Waals surface area contributed by atoms with Crippen LogP contribution in [0.15, 0.2) is 6.20 Å². The summed E-state index contributed by atoms with van der Waals surface area (Å²) in [5.74, 6) is 0. The Morgan fingerprint density at radius 2 is 2.20 bits per heavy atom. The van der Waals surface area contributed by atoms with Crippen molar-refractivity contribution in [3.05, 3.63) is 28.0 Å². The molecule has 0 amide bonds. The summed E-state index contributed by atoms with van der Waals surface area (Å²) in [5, 5.41) is 7.11. The number of aromatic nitrogens is 1. The first-order valence-corrected chi connectivity index (χ1v) is 4.31. The van der Waals surface area contributed by atoms with Gasteiger partial charge < -0.3 is 0 Å². The van der Waals surface area contributed by atoms with E-state index < -0.39 is 28.4 Å². The Balaban J connectivity index is 3.58. The average Bonchev–Trinajstić information content (AvgIpc) is 2.16. The molecule has 0 saturated carbocycles. The number of nitrogens with zero attached hydrogens (tertiary/aromatic N) is 2. The third-order valence-electron chi connectivity index (χ3n) is 1.61. The summed E-state index contributed by atoms with van der Waals surface area (Å²) < 4.78 is 25.1. The summed E-state index contributed by atoms with van der Waals surface area (Å²) >= 11 is 10.5. The van der Waals surface area contributed by atoms with Crippen LogP contribution in [0.1, 0.15) is 27.9 Å². The van der Waals surface area contributed by atoms with Crippen LogP contribution < -0.4 is 0 Å². The zero-order valence-electron chi connectivity index (χ0n) is 6.97. The molecule has 0 fully saturated rings. The van der Waals surface area contributed by atoms with E-state index in [0.717, 1.165) is 6.20 Å². The first kappa shape index (κ1) is 11.8. The maximum atomic E-state index is 12.6. The predicted molar refractivity (Wildman–Crippen MR) is 49.1 cm³/mol.